The monoisotopic (exact) mass is 1040 g/mol. The van der Waals surface area contributed by atoms with E-state index < -0.39 is 121 Å². The zero-order valence-electron chi connectivity index (χ0n) is 41.0. The summed E-state index contributed by atoms with van der Waals surface area (Å²) in [5.74, 6) is -6.35. The molecular weight excluding hydrogens is 974 g/mol. The molecule has 23 heteroatoms. The number of thiazole rings is 1. The van der Waals surface area contributed by atoms with Crippen LogP contribution in [0.5, 0.6) is 0 Å². The number of carbonyl (C=O) groups is 8. The summed E-state index contributed by atoms with van der Waals surface area (Å²) in [7, 11) is 4.33. The zero-order valence-corrected chi connectivity index (χ0v) is 42.6. The van der Waals surface area contributed by atoms with E-state index in [-0.39, 0.29) is 69.1 Å². The first-order chi connectivity index (χ1) is 33.5. The highest BCUT2D eigenvalue weighted by molar-refractivity contribution is 7.07. The van der Waals surface area contributed by atoms with Crippen LogP contribution in [0, 0.1) is 11.3 Å². The Bertz CT molecular complexity index is 2240. The summed E-state index contributed by atoms with van der Waals surface area (Å²) in [5, 5.41) is 12.9. The number of carbonyl (C=O) groups excluding carboxylic acids is 8. The number of benzene rings is 1. The topological polar surface area (TPSA) is 211 Å². The van der Waals surface area contributed by atoms with E-state index in [1.165, 1.54) is 46.1 Å². The predicted octanol–water partition coefficient (Wildman–Crippen LogP) is 4.43. The minimum absolute atomic E-state index is 0.000621. The van der Waals surface area contributed by atoms with Crippen molar-refractivity contribution in [1.82, 2.24) is 45.9 Å². The Kier molecular flexibility index (Phi) is 19.8. The predicted molar refractivity (Wildman–Crippen MR) is 256 cm³/mol. The summed E-state index contributed by atoms with van der Waals surface area (Å²) in [6, 6.07) is -1.04. The molecule has 1 aliphatic carbocycles. The van der Waals surface area contributed by atoms with Crippen LogP contribution in [-0.2, 0) is 40.0 Å². The van der Waals surface area contributed by atoms with Gasteiger partial charge in [0.25, 0.3) is 5.91 Å². The Hall–Kier alpha value is -5.38. The number of amides is 8. The average molecular weight is 1040 g/mol. The molecule has 4 N–H and O–H groups in total. The Balaban J connectivity index is 1.46. The van der Waals surface area contributed by atoms with Crippen LogP contribution in [0.1, 0.15) is 107 Å². The van der Waals surface area contributed by atoms with Gasteiger partial charge in [-0.25, -0.2) is 9.37 Å². The number of hydrogen-bond donors (Lipinski definition) is 4. The van der Waals surface area contributed by atoms with Crippen molar-refractivity contribution in [3.05, 3.63) is 51.4 Å². The number of nitrogens with one attached hydrogen (secondary N) is 4. The highest BCUT2D eigenvalue weighted by Crippen LogP contribution is 2.59. The van der Waals surface area contributed by atoms with Crippen molar-refractivity contribution in [2.75, 3.05) is 40.8 Å². The molecule has 71 heavy (non-hydrogen) atoms. The molecule has 17 nitrogen and oxygen atoms in total. The molecule has 3 aliphatic rings. The fraction of sp³-hybridized carbons (Fsp3) is 0.646. The molecule has 3 heterocycles. The Morgan fingerprint density at radius 2 is 1.73 bits per heavy atom. The number of halogens is 5. The number of likely N-dealkylation sites (tertiary alicyclic amines) is 1. The molecule has 0 radical (unpaired) electrons. The molecule has 1 saturated carbocycles. The maximum atomic E-state index is 15.0. The van der Waals surface area contributed by atoms with Gasteiger partial charge in [0.05, 0.1) is 12.1 Å². The minimum Gasteiger partial charge on any atom is -0.351 e. The van der Waals surface area contributed by atoms with Crippen LogP contribution < -0.4 is 21.3 Å². The number of rotatable bonds is 16. The minimum atomic E-state index is -4.93. The molecule has 7 atom stereocenters. The first kappa shape index (κ1) is 56.5. The number of nitrogens with zero attached hydrogens (tertiary/aromatic N) is 5. The molecule has 8 amide bonds. The lowest BCUT2D eigenvalue weighted by Crippen LogP contribution is -2.60. The molecule has 392 valence electrons. The molecule has 0 bridgehead atoms. The maximum absolute atomic E-state index is 15.0. The van der Waals surface area contributed by atoms with Crippen LogP contribution in [0.2, 0.25) is 5.02 Å². The van der Waals surface area contributed by atoms with Crippen LogP contribution in [0.3, 0.4) is 0 Å². The molecule has 0 spiro atoms. The average Bonchev–Trinajstić information content (AvgIpc) is 3.78. The van der Waals surface area contributed by atoms with Gasteiger partial charge in [-0.3, -0.25) is 38.4 Å². The highest BCUT2D eigenvalue weighted by Gasteiger charge is 2.70. The summed E-state index contributed by atoms with van der Waals surface area (Å²) >= 11 is 7.51. The van der Waals surface area contributed by atoms with Gasteiger partial charge < -0.3 is 40.9 Å². The normalized spacial score (nSPS) is 24.0. The van der Waals surface area contributed by atoms with E-state index in [0.29, 0.717) is 34.7 Å². The lowest BCUT2D eigenvalue weighted by atomic mass is 9.98. The third kappa shape index (κ3) is 14.4. The Labute approximate surface area is 420 Å². The quantitative estimate of drug-likeness (QED) is 0.138. The fourth-order valence-corrected chi connectivity index (χ4v) is 9.90. The number of aromatic nitrogens is 1. The van der Waals surface area contributed by atoms with Gasteiger partial charge in [-0.2, -0.15) is 13.2 Å². The lowest BCUT2D eigenvalue weighted by molar-refractivity contribution is -0.199. The third-order valence-electron chi connectivity index (χ3n) is 13.4. The lowest BCUT2D eigenvalue weighted by Gasteiger charge is -2.36. The summed E-state index contributed by atoms with van der Waals surface area (Å²) in [6.45, 7) is 4.97. The van der Waals surface area contributed by atoms with Crippen LogP contribution >= 0.6 is 22.9 Å². The van der Waals surface area contributed by atoms with Crippen molar-refractivity contribution in [2.24, 2.45) is 11.3 Å². The maximum Gasteiger partial charge on any atom is 0.403 e. The molecule has 2 aromatic rings. The van der Waals surface area contributed by atoms with Gasteiger partial charge in [0.15, 0.2) is 0 Å². The standard InChI is InChI=1S/C48H66ClF4N9O8S/c1-7-12-32-43(67)59(4)20-9-8-16-36(40(64)58-34(21-28(2)3)45(69)61(6)37(41(65)56-32)23-29-13-10-14-30(49)22-29)60(5)44(68)33(15-11-19-54-39(63)35-26-71-27-55-35)57-42(66)38-24-31(50)25-62(38)46(70)47(17-18-47)48(51,52)53/h10,13-14,22,26-28,31-34,36-38H,7-9,11-12,15-21,23-25H2,1-6H3,(H,54,63)(H,56,65)(H,57,66)(H,58,64)/t31-,32-,33+,34+,36+,37+,38+/m1/s1. The zero-order chi connectivity index (χ0) is 52.4. The van der Waals surface area contributed by atoms with Crippen molar-refractivity contribution < 1.29 is 55.9 Å². The van der Waals surface area contributed by atoms with E-state index in [9.17, 15) is 51.5 Å². The molecule has 5 rings (SSSR count). The molecule has 3 fully saturated rings. The van der Waals surface area contributed by atoms with Gasteiger partial charge in [0.1, 0.15) is 53.5 Å². The van der Waals surface area contributed by atoms with Crippen molar-refractivity contribution in [2.45, 2.75) is 146 Å². The van der Waals surface area contributed by atoms with Gasteiger partial charge in [0.2, 0.25) is 41.4 Å². The number of likely N-dealkylation sites (N-methyl/N-ethyl adjacent to an activating group) is 3. The summed E-state index contributed by atoms with van der Waals surface area (Å²) in [5.41, 5.74) is -0.488. The largest absolute Gasteiger partial charge is 0.403 e. The fourth-order valence-electron chi connectivity index (χ4n) is 9.15. The van der Waals surface area contributed by atoms with Crippen LogP contribution in [-0.4, -0.2) is 161 Å². The van der Waals surface area contributed by atoms with Crippen molar-refractivity contribution in [3.63, 3.8) is 0 Å². The van der Waals surface area contributed by atoms with Crippen molar-refractivity contribution in [3.8, 4) is 0 Å². The molecule has 0 unspecified atom stereocenters. The summed E-state index contributed by atoms with van der Waals surface area (Å²) < 4.78 is 57.3. The summed E-state index contributed by atoms with van der Waals surface area (Å²) in [6.07, 6.45) is -6.95. The van der Waals surface area contributed by atoms with E-state index >= 15 is 4.39 Å². The van der Waals surface area contributed by atoms with Crippen LogP contribution in [0.4, 0.5) is 17.6 Å². The third-order valence-corrected chi connectivity index (χ3v) is 14.2. The number of hydrogen-bond acceptors (Lipinski definition) is 10. The summed E-state index contributed by atoms with van der Waals surface area (Å²) in [4.78, 5) is 121. The molecule has 1 aromatic carbocycles. The van der Waals surface area contributed by atoms with E-state index in [2.05, 4.69) is 26.3 Å². The number of alkyl halides is 4. The smallest absolute Gasteiger partial charge is 0.351 e. The van der Waals surface area contributed by atoms with Crippen molar-refractivity contribution in [1.29, 1.82) is 0 Å². The van der Waals surface area contributed by atoms with Gasteiger partial charge in [-0.1, -0.05) is 50.9 Å². The van der Waals surface area contributed by atoms with E-state index in [0.717, 1.165) is 4.90 Å². The SMILES string of the molecule is CCC[C@H]1NC(=O)[C@H](Cc2cccc(Cl)c2)N(C)C(=O)[C@H](CC(C)C)NC(=O)[C@@H](N(C)C(=O)[C@H](CCCNC(=O)c2cscn2)NC(=O)[C@@H]2C[C@@H](F)CN2C(=O)C2(C(F)(F)F)CC2)CCCCN(C)C1=O. The first-order valence-corrected chi connectivity index (χ1v) is 25.4. The van der Waals surface area contributed by atoms with E-state index in [1.807, 2.05) is 20.8 Å². The Morgan fingerprint density at radius 3 is 2.35 bits per heavy atom. The molecule has 1 aromatic heterocycles. The van der Waals surface area contributed by atoms with Crippen LogP contribution in [0.25, 0.3) is 0 Å². The second-order valence-electron chi connectivity index (χ2n) is 19.3. The second-order valence-corrected chi connectivity index (χ2v) is 20.4. The van der Waals surface area contributed by atoms with Crippen LogP contribution in [0.15, 0.2) is 35.2 Å². The van der Waals surface area contributed by atoms with Crippen molar-refractivity contribution >= 4 is 70.2 Å². The first-order valence-electron chi connectivity index (χ1n) is 24.1. The second kappa shape index (κ2) is 24.8. The van der Waals surface area contributed by atoms with E-state index in [4.69, 9.17) is 11.6 Å². The van der Waals surface area contributed by atoms with Gasteiger partial charge in [0, 0.05) is 57.5 Å². The van der Waals surface area contributed by atoms with E-state index in [1.54, 1.807) is 31.3 Å². The molecule has 2 aliphatic heterocycles. The molecular formula is C48H66ClF4N9O8S. The Morgan fingerprint density at radius 1 is 1.03 bits per heavy atom. The molecule has 2 saturated heterocycles. The van der Waals surface area contributed by atoms with Gasteiger partial charge >= 0.3 is 6.18 Å². The highest BCUT2D eigenvalue weighted by atomic mass is 35.5. The van der Waals surface area contributed by atoms with Gasteiger partial charge in [-0.15, -0.1) is 11.3 Å². The van der Waals surface area contributed by atoms with Gasteiger partial charge in [-0.05, 0) is 81.4 Å².